The zero-order chi connectivity index (χ0) is 25.2. The van der Waals surface area contributed by atoms with Crippen molar-refractivity contribution in [3.05, 3.63) is 65.0 Å². The number of aryl methyl sites for hydroxylation is 1. The first-order valence-corrected chi connectivity index (χ1v) is 13.6. The number of rotatable bonds is 1. The van der Waals surface area contributed by atoms with Gasteiger partial charge in [0.25, 0.3) is 0 Å². The molecule has 2 N–H and O–H groups in total. The predicted molar refractivity (Wildman–Crippen MR) is 151 cm³/mol. The first kappa shape index (κ1) is 23.8. The van der Waals surface area contributed by atoms with Crippen molar-refractivity contribution < 1.29 is 9.47 Å². The molecule has 5 heterocycles. The van der Waals surface area contributed by atoms with Crippen molar-refractivity contribution in [3.8, 4) is 11.5 Å². The normalized spacial score (nSPS) is 20.2. The molecular formula is C28H32N6O2S. The van der Waals surface area contributed by atoms with Gasteiger partial charge < -0.3 is 29.9 Å². The quantitative estimate of drug-likeness (QED) is 0.503. The molecule has 1 atom stereocenters. The van der Waals surface area contributed by atoms with Crippen LogP contribution in [0.15, 0.2) is 64.6 Å². The predicted octanol–water partition coefficient (Wildman–Crippen LogP) is 4.27. The number of thiophene rings is 1. The molecule has 1 saturated heterocycles. The summed E-state index contributed by atoms with van der Waals surface area (Å²) >= 11 is 1.81. The third-order valence-electron chi connectivity index (χ3n) is 6.79. The Kier molecular flexibility index (Phi) is 6.72. The molecule has 0 aliphatic carbocycles. The molecule has 2 aromatic carbocycles. The van der Waals surface area contributed by atoms with Crippen LogP contribution in [-0.4, -0.2) is 80.5 Å². The average molecular weight is 517 g/mol. The minimum absolute atomic E-state index is 0.0811. The molecule has 0 amide bonds. The number of likely N-dealkylation sites (N-methyl/N-ethyl adjacent to an activating group) is 1. The summed E-state index contributed by atoms with van der Waals surface area (Å²) < 4.78 is 11.4. The van der Waals surface area contributed by atoms with Crippen LogP contribution in [0.2, 0.25) is 0 Å². The lowest BCUT2D eigenvalue weighted by Gasteiger charge is -2.34. The minimum Gasteiger partial charge on any atom is -0.485 e. The van der Waals surface area contributed by atoms with Crippen molar-refractivity contribution in [2.75, 3.05) is 58.2 Å². The lowest BCUT2D eigenvalue weighted by molar-refractivity contribution is 0.133. The fourth-order valence-corrected chi connectivity index (χ4v) is 5.71. The van der Waals surface area contributed by atoms with E-state index in [0.717, 1.165) is 73.8 Å². The number of anilines is 2. The molecule has 1 aromatic heterocycles. The van der Waals surface area contributed by atoms with Gasteiger partial charge in [-0.15, -0.1) is 11.3 Å². The maximum Gasteiger partial charge on any atom is 0.189 e. The molecule has 4 aliphatic heterocycles. The summed E-state index contributed by atoms with van der Waals surface area (Å²) in [6.45, 7) is 8.67. The third kappa shape index (κ3) is 5.14. The Balaban J connectivity index is 0.000000146. The van der Waals surface area contributed by atoms with E-state index in [4.69, 9.17) is 14.5 Å². The Morgan fingerprint density at radius 1 is 1.00 bits per heavy atom. The highest BCUT2D eigenvalue weighted by atomic mass is 32.1. The second-order valence-corrected chi connectivity index (χ2v) is 10.8. The Labute approximate surface area is 221 Å². The first-order valence-electron chi connectivity index (χ1n) is 12.8. The second-order valence-electron chi connectivity index (χ2n) is 9.53. The monoisotopic (exact) mass is 516 g/mol. The zero-order valence-corrected chi connectivity index (χ0v) is 22.1. The molecule has 192 valence electrons. The van der Waals surface area contributed by atoms with Crippen LogP contribution in [0.5, 0.6) is 11.5 Å². The maximum atomic E-state index is 5.80. The lowest BCUT2D eigenvalue weighted by Crippen LogP contribution is -2.47. The number of hydrogen-bond acceptors (Lipinski definition) is 9. The summed E-state index contributed by atoms with van der Waals surface area (Å²) in [4.78, 5) is 15.5. The number of benzene rings is 2. The molecule has 1 fully saturated rings. The van der Waals surface area contributed by atoms with Gasteiger partial charge in [0.05, 0.1) is 23.5 Å². The molecule has 1 unspecified atom stereocenters. The topological polar surface area (TPSA) is 73.7 Å². The van der Waals surface area contributed by atoms with Crippen molar-refractivity contribution in [1.82, 2.24) is 15.1 Å². The van der Waals surface area contributed by atoms with Crippen LogP contribution >= 0.6 is 11.3 Å². The van der Waals surface area contributed by atoms with Gasteiger partial charge in [0, 0.05) is 37.6 Å². The largest absolute Gasteiger partial charge is 0.485 e. The number of fused-ring (bicyclic) bond motifs is 3. The van der Waals surface area contributed by atoms with E-state index in [0.29, 0.717) is 6.61 Å². The Morgan fingerprint density at radius 3 is 2.59 bits per heavy atom. The molecule has 4 aliphatic rings. The number of ether oxygens (including phenoxy) is 2. The van der Waals surface area contributed by atoms with Crippen LogP contribution in [0, 0.1) is 6.92 Å². The summed E-state index contributed by atoms with van der Waals surface area (Å²) in [6.07, 6.45) is -0.0811. The van der Waals surface area contributed by atoms with Gasteiger partial charge in [0.1, 0.15) is 23.3 Å². The van der Waals surface area contributed by atoms with E-state index in [2.05, 4.69) is 69.7 Å². The van der Waals surface area contributed by atoms with Gasteiger partial charge in [-0.05, 0) is 44.3 Å². The number of piperazine rings is 1. The first-order chi connectivity index (χ1) is 18.1. The van der Waals surface area contributed by atoms with Crippen LogP contribution in [-0.2, 0) is 0 Å². The fourth-order valence-electron chi connectivity index (χ4n) is 4.79. The van der Waals surface area contributed by atoms with Gasteiger partial charge in [-0.3, -0.25) is 4.99 Å². The summed E-state index contributed by atoms with van der Waals surface area (Å²) in [5, 5.41) is 7.98. The number of amidine groups is 2. The molecule has 3 aromatic rings. The fraction of sp³-hybridized carbons (Fsp3) is 0.357. The molecule has 9 heteroatoms. The molecule has 0 radical (unpaired) electrons. The number of aliphatic imine (C=N–C) groups is 2. The highest BCUT2D eigenvalue weighted by Gasteiger charge is 2.27. The van der Waals surface area contributed by atoms with E-state index in [1.807, 2.05) is 24.3 Å². The Morgan fingerprint density at radius 2 is 1.78 bits per heavy atom. The number of para-hydroxylation sites is 4. The number of nitrogens with zero attached hydrogens (tertiary/aromatic N) is 4. The van der Waals surface area contributed by atoms with Crippen molar-refractivity contribution in [2.24, 2.45) is 9.98 Å². The maximum absolute atomic E-state index is 5.80. The summed E-state index contributed by atoms with van der Waals surface area (Å²) in [6, 6.07) is 18.3. The smallest absolute Gasteiger partial charge is 0.189 e. The summed E-state index contributed by atoms with van der Waals surface area (Å²) in [7, 11) is 2.18. The van der Waals surface area contributed by atoms with Crippen LogP contribution < -0.4 is 20.1 Å². The van der Waals surface area contributed by atoms with Crippen LogP contribution in [0.25, 0.3) is 0 Å². The third-order valence-corrected chi connectivity index (χ3v) is 7.76. The minimum atomic E-state index is -0.0811. The van der Waals surface area contributed by atoms with Crippen molar-refractivity contribution >= 4 is 39.4 Å². The van der Waals surface area contributed by atoms with Gasteiger partial charge in [-0.25, -0.2) is 4.99 Å². The van der Waals surface area contributed by atoms with Crippen LogP contribution in [0.3, 0.4) is 0 Å². The molecular weight excluding hydrogens is 484 g/mol. The average Bonchev–Trinajstić information content (AvgIpc) is 3.56. The van der Waals surface area contributed by atoms with E-state index in [9.17, 15) is 0 Å². The molecule has 0 spiro atoms. The van der Waals surface area contributed by atoms with Crippen molar-refractivity contribution in [1.29, 1.82) is 0 Å². The standard InChI is InChI=1S/C17H20N4S.C11H12N2O2/c1-12-11-13-16(21-9-7-20(2)8-10-21)18-14-5-3-4-6-15(14)19-17(13)22-12;1-2-4-9-8(3-1)14-7-10(15-9)11-12-5-6-13-11/h3-6,11,19H,7-10H2,1-2H3;1-4,10H,5-7H2,(H,12,13). The van der Waals surface area contributed by atoms with E-state index in [1.54, 1.807) is 11.3 Å². The van der Waals surface area contributed by atoms with Crippen molar-refractivity contribution in [3.63, 3.8) is 0 Å². The van der Waals surface area contributed by atoms with E-state index in [1.165, 1.54) is 15.4 Å². The zero-order valence-electron chi connectivity index (χ0n) is 21.2. The Hall–Kier alpha value is -3.56. The molecule has 0 bridgehead atoms. The van der Waals surface area contributed by atoms with Crippen molar-refractivity contribution in [2.45, 2.75) is 13.0 Å². The summed E-state index contributed by atoms with van der Waals surface area (Å²) in [5.74, 6) is 3.63. The van der Waals surface area contributed by atoms with Gasteiger partial charge in [0.2, 0.25) is 0 Å². The number of nitrogens with one attached hydrogen (secondary N) is 2. The van der Waals surface area contributed by atoms with Gasteiger partial charge in [0.15, 0.2) is 17.6 Å². The van der Waals surface area contributed by atoms with E-state index in [-0.39, 0.29) is 6.10 Å². The molecule has 7 rings (SSSR count). The number of hydrogen-bond donors (Lipinski definition) is 2. The summed E-state index contributed by atoms with van der Waals surface area (Å²) in [5.41, 5.74) is 3.36. The van der Waals surface area contributed by atoms with E-state index >= 15 is 0 Å². The van der Waals surface area contributed by atoms with Gasteiger partial charge in [-0.1, -0.05) is 24.3 Å². The SMILES string of the molecule is Cc1cc2c(s1)Nc1ccccc1N=C2N1CCN(C)CC1.c1ccc2c(c1)OCC(C1=NCCN1)O2. The van der Waals surface area contributed by atoms with Gasteiger partial charge >= 0.3 is 0 Å². The van der Waals surface area contributed by atoms with Crippen LogP contribution in [0.4, 0.5) is 16.4 Å². The lowest BCUT2D eigenvalue weighted by atomic mass is 10.2. The van der Waals surface area contributed by atoms with Crippen LogP contribution in [0.1, 0.15) is 10.4 Å². The highest BCUT2D eigenvalue weighted by Crippen LogP contribution is 2.39. The molecule has 0 saturated carbocycles. The highest BCUT2D eigenvalue weighted by molar-refractivity contribution is 7.16. The molecule has 8 nitrogen and oxygen atoms in total. The second kappa shape index (κ2) is 10.4. The Bertz CT molecular complexity index is 1330. The van der Waals surface area contributed by atoms with Gasteiger partial charge in [-0.2, -0.15) is 0 Å². The molecule has 37 heavy (non-hydrogen) atoms. The van der Waals surface area contributed by atoms with E-state index < -0.39 is 0 Å².